The van der Waals surface area contributed by atoms with Gasteiger partial charge in [0, 0.05) is 19.2 Å². The maximum Gasteiger partial charge on any atom is 0.226 e. The molecule has 0 aliphatic rings. The van der Waals surface area contributed by atoms with E-state index in [2.05, 4.69) is 5.32 Å². The Morgan fingerprint density at radius 2 is 2.06 bits per heavy atom. The summed E-state index contributed by atoms with van der Waals surface area (Å²) in [5.41, 5.74) is 5.21. The molecule has 0 saturated heterocycles. The van der Waals surface area contributed by atoms with Crippen LogP contribution in [0.15, 0.2) is 18.2 Å². The van der Waals surface area contributed by atoms with Crippen molar-refractivity contribution in [2.45, 2.75) is 20.3 Å². The number of amides is 1. The normalized spacial score (nSPS) is 11.4. The number of nitrogens with one attached hydrogen (secondary N) is 1. The van der Waals surface area contributed by atoms with Gasteiger partial charge in [0.25, 0.3) is 0 Å². The van der Waals surface area contributed by atoms with Gasteiger partial charge < -0.3 is 11.1 Å². The van der Waals surface area contributed by atoms with E-state index in [0.29, 0.717) is 18.5 Å². The van der Waals surface area contributed by atoms with E-state index in [0.717, 1.165) is 6.07 Å². The van der Waals surface area contributed by atoms with Crippen molar-refractivity contribution in [3.05, 3.63) is 35.4 Å². The third kappa shape index (κ3) is 3.77. The predicted octanol–water partition coefficient (Wildman–Crippen LogP) is 1.61. The lowest BCUT2D eigenvalue weighted by Crippen LogP contribution is -2.42. The van der Waals surface area contributed by atoms with Crippen molar-refractivity contribution < 1.29 is 13.6 Å². The molecule has 0 unspecified atom stereocenters. The summed E-state index contributed by atoms with van der Waals surface area (Å²) in [6.45, 7) is 4.01. The number of carbonyl (C=O) groups excluding carboxylic acids is 1. The summed E-state index contributed by atoms with van der Waals surface area (Å²) in [6.07, 6.45) is 0.318. The minimum absolute atomic E-state index is 0.174. The molecule has 0 saturated carbocycles. The van der Waals surface area contributed by atoms with E-state index in [9.17, 15) is 13.6 Å². The molecule has 0 heterocycles. The first-order valence-corrected chi connectivity index (χ1v) is 5.79. The van der Waals surface area contributed by atoms with Crippen LogP contribution in [0.25, 0.3) is 0 Å². The Morgan fingerprint density at radius 1 is 1.39 bits per heavy atom. The summed E-state index contributed by atoms with van der Waals surface area (Å²) in [5, 5.41) is 2.68. The van der Waals surface area contributed by atoms with Crippen molar-refractivity contribution in [3.8, 4) is 0 Å². The van der Waals surface area contributed by atoms with E-state index < -0.39 is 17.0 Å². The van der Waals surface area contributed by atoms with Gasteiger partial charge in [-0.25, -0.2) is 8.78 Å². The van der Waals surface area contributed by atoms with Crippen LogP contribution >= 0.6 is 0 Å². The first-order chi connectivity index (χ1) is 8.36. The Balaban J connectivity index is 2.50. The Kier molecular flexibility index (Phi) is 4.78. The van der Waals surface area contributed by atoms with Crippen molar-refractivity contribution in [2.75, 3.05) is 13.1 Å². The number of halogens is 2. The van der Waals surface area contributed by atoms with Gasteiger partial charge in [0.2, 0.25) is 5.91 Å². The van der Waals surface area contributed by atoms with Crippen LogP contribution in [0.2, 0.25) is 0 Å². The van der Waals surface area contributed by atoms with Gasteiger partial charge in [-0.15, -0.1) is 0 Å². The van der Waals surface area contributed by atoms with Gasteiger partial charge in [0.15, 0.2) is 0 Å². The smallest absolute Gasteiger partial charge is 0.226 e. The fourth-order valence-electron chi connectivity index (χ4n) is 1.37. The first kappa shape index (κ1) is 14.6. The molecule has 1 aromatic carbocycles. The van der Waals surface area contributed by atoms with E-state index in [4.69, 9.17) is 5.73 Å². The highest BCUT2D eigenvalue weighted by Gasteiger charge is 2.25. The zero-order valence-corrected chi connectivity index (χ0v) is 10.6. The lowest BCUT2D eigenvalue weighted by Gasteiger charge is -2.21. The van der Waals surface area contributed by atoms with Crippen LogP contribution in [0.1, 0.15) is 19.4 Å². The average molecular weight is 256 g/mol. The van der Waals surface area contributed by atoms with Crippen LogP contribution in [-0.4, -0.2) is 19.0 Å². The molecule has 0 radical (unpaired) electrons. The molecule has 0 bridgehead atoms. The van der Waals surface area contributed by atoms with Crippen LogP contribution in [-0.2, 0) is 11.2 Å². The highest BCUT2D eigenvalue weighted by Crippen LogP contribution is 2.13. The lowest BCUT2D eigenvalue weighted by molar-refractivity contribution is -0.128. The second kappa shape index (κ2) is 5.91. The first-order valence-electron chi connectivity index (χ1n) is 5.79. The van der Waals surface area contributed by atoms with Gasteiger partial charge in [-0.2, -0.15) is 0 Å². The monoisotopic (exact) mass is 256 g/mol. The topological polar surface area (TPSA) is 55.1 Å². The zero-order chi connectivity index (χ0) is 13.8. The van der Waals surface area contributed by atoms with Crippen molar-refractivity contribution in [1.29, 1.82) is 0 Å². The lowest BCUT2D eigenvalue weighted by atomic mass is 9.92. The third-order valence-corrected chi connectivity index (χ3v) is 2.82. The van der Waals surface area contributed by atoms with Crippen LogP contribution in [0.4, 0.5) is 8.78 Å². The van der Waals surface area contributed by atoms with E-state index in [1.54, 1.807) is 13.8 Å². The molecule has 0 atom stereocenters. The largest absolute Gasteiger partial charge is 0.355 e. The number of hydrogen-bond acceptors (Lipinski definition) is 2. The van der Waals surface area contributed by atoms with Crippen LogP contribution in [0, 0.1) is 17.0 Å². The van der Waals surface area contributed by atoms with Crippen molar-refractivity contribution >= 4 is 5.91 Å². The Bertz CT molecular complexity index is 433. The summed E-state index contributed by atoms with van der Waals surface area (Å²) < 4.78 is 26.0. The number of rotatable bonds is 5. The summed E-state index contributed by atoms with van der Waals surface area (Å²) >= 11 is 0. The Morgan fingerprint density at radius 3 is 2.61 bits per heavy atom. The van der Waals surface area contributed by atoms with E-state index >= 15 is 0 Å². The minimum atomic E-state index is -0.638. The molecular formula is C13H18F2N2O. The fourth-order valence-corrected chi connectivity index (χ4v) is 1.37. The summed E-state index contributed by atoms with van der Waals surface area (Å²) in [4.78, 5) is 11.7. The summed E-state index contributed by atoms with van der Waals surface area (Å²) in [7, 11) is 0. The SMILES string of the molecule is CC(C)(CN)C(=O)NCCc1ccc(F)cc1F. The van der Waals surface area contributed by atoms with Gasteiger partial charge in [-0.3, -0.25) is 4.79 Å². The molecule has 0 spiro atoms. The second-order valence-corrected chi connectivity index (χ2v) is 4.83. The van der Waals surface area contributed by atoms with E-state index in [-0.39, 0.29) is 12.5 Å². The molecule has 0 aromatic heterocycles. The van der Waals surface area contributed by atoms with Crippen molar-refractivity contribution in [1.82, 2.24) is 5.32 Å². The number of nitrogens with two attached hydrogens (primary N) is 1. The summed E-state index contributed by atoms with van der Waals surface area (Å²) in [6, 6.07) is 3.41. The number of benzene rings is 1. The number of hydrogen-bond donors (Lipinski definition) is 2. The van der Waals surface area contributed by atoms with Gasteiger partial charge >= 0.3 is 0 Å². The molecule has 0 fully saturated rings. The second-order valence-electron chi connectivity index (χ2n) is 4.83. The molecule has 100 valence electrons. The van der Waals surface area contributed by atoms with E-state index in [1.165, 1.54) is 12.1 Å². The molecular weight excluding hydrogens is 238 g/mol. The fraction of sp³-hybridized carbons (Fsp3) is 0.462. The molecule has 3 N–H and O–H groups in total. The maximum atomic E-state index is 13.3. The van der Waals surface area contributed by atoms with Crippen LogP contribution < -0.4 is 11.1 Å². The van der Waals surface area contributed by atoms with Crippen molar-refractivity contribution in [2.24, 2.45) is 11.1 Å². The van der Waals surface area contributed by atoms with Crippen LogP contribution in [0.5, 0.6) is 0 Å². The molecule has 0 aliphatic heterocycles. The molecule has 0 aliphatic carbocycles. The molecule has 5 heteroatoms. The van der Waals surface area contributed by atoms with Crippen LogP contribution in [0.3, 0.4) is 0 Å². The minimum Gasteiger partial charge on any atom is -0.355 e. The standard InChI is InChI=1S/C13H18F2N2O/c1-13(2,8-16)12(18)17-6-5-9-3-4-10(14)7-11(9)15/h3-4,7H,5-6,8,16H2,1-2H3,(H,17,18). The quantitative estimate of drug-likeness (QED) is 0.841. The average Bonchev–Trinajstić information content (AvgIpc) is 2.31. The van der Waals surface area contributed by atoms with Gasteiger partial charge in [-0.1, -0.05) is 6.07 Å². The van der Waals surface area contributed by atoms with Gasteiger partial charge in [0.05, 0.1) is 5.41 Å². The number of carbonyl (C=O) groups is 1. The van der Waals surface area contributed by atoms with Gasteiger partial charge in [-0.05, 0) is 31.9 Å². The van der Waals surface area contributed by atoms with Crippen molar-refractivity contribution in [3.63, 3.8) is 0 Å². The molecule has 1 amide bonds. The Hall–Kier alpha value is -1.49. The predicted molar refractivity (Wildman–Crippen MR) is 65.9 cm³/mol. The highest BCUT2D eigenvalue weighted by molar-refractivity contribution is 5.82. The van der Waals surface area contributed by atoms with Gasteiger partial charge in [0.1, 0.15) is 11.6 Å². The Labute approximate surface area is 105 Å². The highest BCUT2D eigenvalue weighted by atomic mass is 19.1. The zero-order valence-electron chi connectivity index (χ0n) is 10.6. The molecule has 1 aromatic rings. The molecule has 1 rings (SSSR count). The molecule has 18 heavy (non-hydrogen) atoms. The molecule has 3 nitrogen and oxygen atoms in total. The van der Waals surface area contributed by atoms with E-state index in [1.807, 2.05) is 0 Å². The maximum absolute atomic E-state index is 13.3. The summed E-state index contributed by atoms with van der Waals surface area (Å²) in [5.74, 6) is -1.38. The third-order valence-electron chi connectivity index (χ3n) is 2.82.